The summed E-state index contributed by atoms with van der Waals surface area (Å²) in [7, 11) is 0. The van der Waals surface area contributed by atoms with Crippen LogP contribution in [0.2, 0.25) is 0 Å². The lowest BCUT2D eigenvalue weighted by Crippen LogP contribution is -2.47. The van der Waals surface area contributed by atoms with Crippen LogP contribution in [-0.4, -0.2) is 51.6 Å². The molecule has 1 fully saturated rings. The van der Waals surface area contributed by atoms with E-state index in [1.807, 2.05) is 62.1 Å². The van der Waals surface area contributed by atoms with E-state index in [-0.39, 0.29) is 18.2 Å². The number of benzene rings is 3. The molecule has 0 saturated carbocycles. The van der Waals surface area contributed by atoms with Crippen LogP contribution in [0.3, 0.4) is 0 Å². The minimum absolute atomic E-state index is 0.0320. The first-order valence-corrected chi connectivity index (χ1v) is 13.8. The maximum atomic E-state index is 13.7. The van der Waals surface area contributed by atoms with Crippen LogP contribution in [0.1, 0.15) is 57.8 Å². The Morgan fingerprint density at radius 2 is 1.79 bits per heavy atom. The van der Waals surface area contributed by atoms with Gasteiger partial charge in [0.05, 0.1) is 11.0 Å². The Morgan fingerprint density at radius 3 is 2.56 bits per heavy atom. The number of imidazole rings is 1. The molecule has 1 aromatic heterocycles. The molecular weight excluding hydrogens is 488 g/mol. The molecule has 7 heteroatoms. The van der Waals surface area contributed by atoms with Gasteiger partial charge in [-0.2, -0.15) is 0 Å². The summed E-state index contributed by atoms with van der Waals surface area (Å²) < 4.78 is 5.54. The molecule has 0 radical (unpaired) electrons. The number of carbonyl (C=O) groups excluding carboxylic acids is 2. The number of fused-ring (bicyclic) bond motifs is 2. The van der Waals surface area contributed by atoms with Gasteiger partial charge in [0.1, 0.15) is 11.4 Å². The number of rotatable bonds is 6. The van der Waals surface area contributed by atoms with Crippen LogP contribution in [0.4, 0.5) is 4.79 Å². The van der Waals surface area contributed by atoms with Crippen LogP contribution in [0.15, 0.2) is 66.7 Å². The summed E-state index contributed by atoms with van der Waals surface area (Å²) >= 11 is 0. The van der Waals surface area contributed by atoms with E-state index in [4.69, 9.17) is 9.72 Å². The van der Waals surface area contributed by atoms with E-state index >= 15 is 0 Å². The quantitative estimate of drug-likeness (QED) is 0.313. The van der Waals surface area contributed by atoms with Crippen LogP contribution in [-0.2, 0) is 16.0 Å². The van der Waals surface area contributed by atoms with E-state index in [9.17, 15) is 9.59 Å². The third kappa shape index (κ3) is 6.77. The number of likely N-dealkylation sites (tertiary alicyclic amines) is 1. The highest BCUT2D eigenvalue weighted by Gasteiger charge is 2.32. The van der Waals surface area contributed by atoms with Gasteiger partial charge in [-0.05, 0) is 68.0 Å². The molecule has 5 rings (SSSR count). The number of para-hydroxylation sites is 2. The van der Waals surface area contributed by atoms with Crippen molar-refractivity contribution in [2.24, 2.45) is 5.92 Å². The molecule has 2 unspecified atom stereocenters. The van der Waals surface area contributed by atoms with E-state index in [0.717, 1.165) is 39.6 Å². The molecule has 3 aromatic carbocycles. The molecule has 204 valence electrons. The van der Waals surface area contributed by atoms with Crippen molar-refractivity contribution in [3.8, 4) is 0 Å². The molecule has 0 bridgehead atoms. The molecule has 7 nitrogen and oxygen atoms in total. The number of piperidine rings is 1. The second kappa shape index (κ2) is 11.1. The van der Waals surface area contributed by atoms with Gasteiger partial charge in [-0.15, -0.1) is 0 Å². The van der Waals surface area contributed by atoms with Gasteiger partial charge in [-0.3, -0.25) is 4.79 Å². The van der Waals surface area contributed by atoms with Crippen molar-refractivity contribution >= 4 is 33.8 Å². The summed E-state index contributed by atoms with van der Waals surface area (Å²) in [4.78, 5) is 36.6. The maximum Gasteiger partial charge on any atom is 0.407 e. The Balaban J connectivity index is 1.32. The van der Waals surface area contributed by atoms with Crippen molar-refractivity contribution in [3.05, 3.63) is 78.1 Å². The second-order valence-corrected chi connectivity index (χ2v) is 11.9. The second-order valence-electron chi connectivity index (χ2n) is 11.9. The zero-order valence-electron chi connectivity index (χ0n) is 23.2. The monoisotopic (exact) mass is 526 g/mol. The Bertz CT molecular complexity index is 1440. The average molecular weight is 527 g/mol. The van der Waals surface area contributed by atoms with Crippen molar-refractivity contribution in [2.75, 3.05) is 13.1 Å². The van der Waals surface area contributed by atoms with Crippen molar-refractivity contribution in [1.29, 1.82) is 0 Å². The molecule has 0 spiro atoms. The highest BCUT2D eigenvalue weighted by molar-refractivity contribution is 5.83. The topological polar surface area (TPSA) is 87.3 Å². The van der Waals surface area contributed by atoms with E-state index < -0.39 is 17.7 Å². The first-order chi connectivity index (χ1) is 18.6. The Hall–Kier alpha value is -3.87. The van der Waals surface area contributed by atoms with E-state index in [1.165, 1.54) is 0 Å². The number of nitrogens with one attached hydrogen (secondary N) is 2. The fourth-order valence-corrected chi connectivity index (χ4v) is 5.56. The third-order valence-electron chi connectivity index (χ3n) is 7.24. The summed E-state index contributed by atoms with van der Waals surface area (Å²) in [5.74, 6) is 1.45. The summed E-state index contributed by atoms with van der Waals surface area (Å²) in [6.45, 7) is 9.00. The lowest BCUT2D eigenvalue weighted by Gasteiger charge is -2.36. The zero-order chi connectivity index (χ0) is 27.6. The first-order valence-electron chi connectivity index (χ1n) is 13.8. The smallest absolute Gasteiger partial charge is 0.407 e. The number of hydrogen-bond acceptors (Lipinski definition) is 4. The maximum absolute atomic E-state index is 13.7. The fraction of sp³-hybridized carbons (Fsp3) is 0.406. The highest BCUT2D eigenvalue weighted by Crippen LogP contribution is 2.30. The molecular formula is C32H38N4O3. The lowest BCUT2D eigenvalue weighted by atomic mass is 9.89. The fourth-order valence-electron chi connectivity index (χ4n) is 5.56. The number of aromatic amines is 1. The van der Waals surface area contributed by atoms with Crippen LogP contribution >= 0.6 is 0 Å². The number of ether oxygens (including phenoxy) is 1. The number of carbonyl (C=O) groups is 2. The number of nitrogens with zero attached hydrogens (tertiary/aromatic N) is 2. The zero-order valence-corrected chi connectivity index (χ0v) is 23.2. The predicted molar refractivity (Wildman–Crippen MR) is 155 cm³/mol. The van der Waals surface area contributed by atoms with Crippen molar-refractivity contribution in [3.63, 3.8) is 0 Å². The molecule has 1 saturated heterocycles. The molecule has 4 aromatic rings. The molecule has 2 heterocycles. The van der Waals surface area contributed by atoms with Gasteiger partial charge in [0, 0.05) is 31.5 Å². The summed E-state index contributed by atoms with van der Waals surface area (Å²) in [6, 6.07) is 22.1. The van der Waals surface area contributed by atoms with Crippen LogP contribution in [0, 0.1) is 5.92 Å². The minimum Gasteiger partial charge on any atom is -0.444 e. The van der Waals surface area contributed by atoms with Gasteiger partial charge in [-0.1, -0.05) is 61.5 Å². The number of H-pyrrole nitrogens is 1. The van der Waals surface area contributed by atoms with Gasteiger partial charge >= 0.3 is 6.09 Å². The van der Waals surface area contributed by atoms with E-state index in [1.54, 1.807) is 0 Å². The lowest BCUT2D eigenvalue weighted by molar-refractivity contribution is -0.133. The van der Waals surface area contributed by atoms with Crippen molar-refractivity contribution in [2.45, 2.75) is 64.5 Å². The van der Waals surface area contributed by atoms with E-state index in [2.05, 4.69) is 47.6 Å². The number of alkyl carbamates (subject to hydrolysis) is 1. The van der Waals surface area contributed by atoms with Crippen molar-refractivity contribution < 1.29 is 14.3 Å². The number of hydrogen-bond donors (Lipinski definition) is 2. The Kier molecular flexibility index (Phi) is 7.60. The molecule has 2 amide bonds. The summed E-state index contributed by atoms with van der Waals surface area (Å²) in [5.41, 5.74) is 2.40. The average Bonchev–Trinajstić information content (AvgIpc) is 3.31. The van der Waals surface area contributed by atoms with Crippen molar-refractivity contribution in [1.82, 2.24) is 20.2 Å². The third-order valence-corrected chi connectivity index (χ3v) is 7.24. The number of aromatic nitrogens is 2. The van der Waals surface area contributed by atoms with Crippen LogP contribution in [0.5, 0.6) is 0 Å². The summed E-state index contributed by atoms with van der Waals surface area (Å²) in [6.07, 6.45) is 1.20. The Labute approximate surface area is 229 Å². The molecule has 2 N–H and O–H groups in total. The summed E-state index contributed by atoms with van der Waals surface area (Å²) in [5, 5.41) is 5.28. The first kappa shape index (κ1) is 26.7. The molecule has 0 aliphatic carbocycles. The van der Waals surface area contributed by atoms with Gasteiger partial charge < -0.3 is 19.9 Å². The molecule has 1 aliphatic rings. The van der Waals surface area contributed by atoms with Crippen LogP contribution < -0.4 is 5.32 Å². The predicted octanol–water partition coefficient (Wildman–Crippen LogP) is 6.19. The van der Waals surface area contributed by atoms with Gasteiger partial charge in [-0.25, -0.2) is 9.78 Å². The SMILES string of the molecule is CC1CC(c2nc3ccccc3[nH]2)CN(C(=O)C[C@@H](Cc2ccc3ccccc3c2)NC(=O)OC(C)(C)C)C1. The van der Waals surface area contributed by atoms with Gasteiger partial charge in [0.15, 0.2) is 0 Å². The normalized spacial score (nSPS) is 18.7. The molecule has 3 atom stereocenters. The van der Waals surface area contributed by atoms with Crippen LogP contribution in [0.25, 0.3) is 21.8 Å². The van der Waals surface area contributed by atoms with Gasteiger partial charge in [0.2, 0.25) is 5.91 Å². The highest BCUT2D eigenvalue weighted by atomic mass is 16.6. The molecule has 39 heavy (non-hydrogen) atoms. The largest absolute Gasteiger partial charge is 0.444 e. The number of amides is 2. The van der Waals surface area contributed by atoms with E-state index in [0.29, 0.717) is 25.4 Å². The minimum atomic E-state index is -0.621. The standard InChI is InChI=1S/C32H38N4O3/c1-21-15-25(30-34-27-11-7-8-12-28(27)35-30)20-36(19-21)29(37)18-26(33-31(38)39-32(2,3)4)17-22-13-14-23-9-5-6-10-24(23)16-22/h5-14,16,21,25-26H,15,17-20H2,1-4H3,(H,33,38)(H,34,35)/t21?,25?,26-/m1/s1. The van der Waals surface area contributed by atoms with Gasteiger partial charge in [0.25, 0.3) is 0 Å². The Morgan fingerprint density at radius 1 is 1.05 bits per heavy atom. The molecule has 1 aliphatic heterocycles.